The van der Waals surface area contributed by atoms with E-state index >= 15 is 0 Å². The first kappa shape index (κ1) is 17.4. The van der Waals surface area contributed by atoms with E-state index in [1.165, 1.54) is 12.0 Å². The van der Waals surface area contributed by atoms with Crippen molar-refractivity contribution in [2.75, 3.05) is 19.6 Å². The number of aliphatic hydroxyl groups excluding tert-OH is 1. The number of nitrogens with one attached hydrogen (secondary N) is 2. The van der Waals surface area contributed by atoms with E-state index in [9.17, 15) is 9.90 Å². The zero-order valence-electron chi connectivity index (χ0n) is 14.3. The van der Waals surface area contributed by atoms with Crippen LogP contribution < -0.4 is 10.6 Å². The summed E-state index contributed by atoms with van der Waals surface area (Å²) < 4.78 is 0. The zero-order chi connectivity index (χ0) is 16.8. The normalized spacial score (nSPS) is 23.1. The molecule has 132 valence electrons. The van der Waals surface area contributed by atoms with Crippen LogP contribution in [-0.4, -0.2) is 47.7 Å². The first-order valence-electron chi connectivity index (χ1n) is 9.20. The molecule has 2 saturated heterocycles. The van der Waals surface area contributed by atoms with Crippen LogP contribution in [0.2, 0.25) is 0 Å². The van der Waals surface area contributed by atoms with Gasteiger partial charge in [0.05, 0.1) is 12.1 Å². The van der Waals surface area contributed by atoms with Crippen LogP contribution in [0.3, 0.4) is 0 Å². The first-order valence-corrected chi connectivity index (χ1v) is 9.20. The highest BCUT2D eigenvalue weighted by Gasteiger charge is 2.20. The van der Waals surface area contributed by atoms with Crippen molar-refractivity contribution < 1.29 is 9.90 Å². The van der Waals surface area contributed by atoms with Crippen LogP contribution in [0.5, 0.6) is 0 Å². The van der Waals surface area contributed by atoms with Gasteiger partial charge in [-0.25, -0.2) is 0 Å². The summed E-state index contributed by atoms with van der Waals surface area (Å²) in [7, 11) is 0. The van der Waals surface area contributed by atoms with Gasteiger partial charge in [-0.15, -0.1) is 0 Å². The van der Waals surface area contributed by atoms with Crippen molar-refractivity contribution in [2.45, 2.75) is 57.3 Å². The largest absolute Gasteiger partial charge is 0.393 e. The van der Waals surface area contributed by atoms with Gasteiger partial charge in [0.1, 0.15) is 0 Å². The number of benzene rings is 1. The summed E-state index contributed by atoms with van der Waals surface area (Å²) >= 11 is 0. The van der Waals surface area contributed by atoms with Gasteiger partial charge in [-0.3, -0.25) is 9.69 Å². The van der Waals surface area contributed by atoms with Crippen LogP contribution in [0, 0.1) is 0 Å². The van der Waals surface area contributed by atoms with Crippen molar-refractivity contribution in [3.63, 3.8) is 0 Å². The quantitative estimate of drug-likeness (QED) is 0.763. The molecule has 3 rings (SSSR count). The average Bonchev–Trinajstić information content (AvgIpc) is 2.63. The predicted octanol–water partition coefficient (Wildman–Crippen LogP) is 1.40. The van der Waals surface area contributed by atoms with Crippen LogP contribution in [0.4, 0.5) is 0 Å². The highest BCUT2D eigenvalue weighted by atomic mass is 16.3. The molecule has 1 amide bonds. The molecule has 1 aromatic rings. The molecule has 2 heterocycles. The Labute approximate surface area is 144 Å². The van der Waals surface area contributed by atoms with E-state index < -0.39 is 0 Å². The maximum absolute atomic E-state index is 12.1. The summed E-state index contributed by atoms with van der Waals surface area (Å²) in [5.41, 5.74) is 2.42. The Bertz CT molecular complexity index is 518. The van der Waals surface area contributed by atoms with E-state index in [1.807, 2.05) is 0 Å². The second kappa shape index (κ2) is 8.60. The van der Waals surface area contributed by atoms with Crippen molar-refractivity contribution in [3.05, 3.63) is 35.4 Å². The first-order chi connectivity index (χ1) is 11.7. The molecule has 0 aromatic heterocycles. The molecular weight excluding hydrogens is 302 g/mol. The van der Waals surface area contributed by atoms with Gasteiger partial charge < -0.3 is 15.7 Å². The minimum Gasteiger partial charge on any atom is -0.393 e. The lowest BCUT2D eigenvalue weighted by atomic mass is 10.0. The molecule has 5 heteroatoms. The molecule has 2 fully saturated rings. The van der Waals surface area contributed by atoms with Gasteiger partial charge in [0.25, 0.3) is 0 Å². The van der Waals surface area contributed by atoms with Gasteiger partial charge in [-0.1, -0.05) is 30.7 Å². The summed E-state index contributed by atoms with van der Waals surface area (Å²) in [5, 5.41) is 15.9. The molecule has 1 unspecified atom stereocenters. The molecule has 0 saturated carbocycles. The number of piperidine rings is 2. The molecule has 5 nitrogen and oxygen atoms in total. The topological polar surface area (TPSA) is 64.6 Å². The van der Waals surface area contributed by atoms with E-state index in [1.54, 1.807) is 0 Å². The molecular formula is C19H29N3O2. The van der Waals surface area contributed by atoms with Gasteiger partial charge >= 0.3 is 0 Å². The number of hydrogen-bond acceptors (Lipinski definition) is 4. The Morgan fingerprint density at radius 3 is 2.50 bits per heavy atom. The third kappa shape index (κ3) is 5.03. The Kier molecular flexibility index (Phi) is 6.24. The lowest BCUT2D eigenvalue weighted by Gasteiger charge is -2.29. The number of rotatable bonds is 5. The number of carbonyl (C=O) groups excluding carboxylic acids is 1. The maximum Gasteiger partial charge on any atom is 0.237 e. The molecule has 2 aliphatic rings. The van der Waals surface area contributed by atoms with E-state index in [0.29, 0.717) is 6.54 Å². The Morgan fingerprint density at radius 2 is 1.83 bits per heavy atom. The summed E-state index contributed by atoms with van der Waals surface area (Å²) in [5.74, 6) is 0.116. The van der Waals surface area contributed by atoms with Crippen molar-refractivity contribution in [1.29, 1.82) is 0 Å². The minimum atomic E-state index is -0.120. The van der Waals surface area contributed by atoms with E-state index in [-0.39, 0.29) is 18.1 Å². The smallest absolute Gasteiger partial charge is 0.237 e. The fraction of sp³-hybridized carbons (Fsp3) is 0.632. The van der Waals surface area contributed by atoms with Gasteiger partial charge in [0.15, 0.2) is 0 Å². The maximum atomic E-state index is 12.1. The minimum absolute atomic E-state index is 0.0209. The van der Waals surface area contributed by atoms with E-state index in [4.69, 9.17) is 0 Å². The molecule has 0 bridgehead atoms. The Balaban J connectivity index is 1.43. The van der Waals surface area contributed by atoms with Crippen molar-refractivity contribution in [1.82, 2.24) is 15.5 Å². The fourth-order valence-corrected chi connectivity index (χ4v) is 3.49. The lowest BCUT2D eigenvalue weighted by Crippen LogP contribution is -2.46. The number of amides is 1. The molecule has 1 atom stereocenters. The average molecular weight is 331 g/mol. The highest BCUT2D eigenvalue weighted by Crippen LogP contribution is 2.14. The lowest BCUT2D eigenvalue weighted by molar-refractivity contribution is -0.123. The highest BCUT2D eigenvalue weighted by molar-refractivity contribution is 5.81. The van der Waals surface area contributed by atoms with Crippen LogP contribution >= 0.6 is 0 Å². The predicted molar refractivity (Wildman–Crippen MR) is 94.4 cm³/mol. The fourth-order valence-electron chi connectivity index (χ4n) is 3.49. The molecule has 1 aromatic carbocycles. The van der Waals surface area contributed by atoms with Gasteiger partial charge in [0.2, 0.25) is 5.91 Å². The number of nitrogens with zero attached hydrogens (tertiary/aromatic N) is 1. The van der Waals surface area contributed by atoms with E-state index in [0.717, 1.165) is 57.4 Å². The molecule has 0 aliphatic carbocycles. The number of likely N-dealkylation sites (tertiary alicyclic amines) is 1. The monoisotopic (exact) mass is 331 g/mol. The molecule has 24 heavy (non-hydrogen) atoms. The SMILES string of the molecule is O=C(NCc1ccc(CN2CCC(O)CC2)cc1)C1CCCCN1. The second-order valence-corrected chi connectivity index (χ2v) is 7.04. The third-order valence-corrected chi connectivity index (χ3v) is 5.08. The van der Waals surface area contributed by atoms with Crippen LogP contribution in [-0.2, 0) is 17.9 Å². The van der Waals surface area contributed by atoms with Crippen LogP contribution in [0.25, 0.3) is 0 Å². The number of aliphatic hydroxyl groups is 1. The van der Waals surface area contributed by atoms with Crippen molar-refractivity contribution >= 4 is 5.91 Å². The zero-order valence-corrected chi connectivity index (χ0v) is 14.3. The van der Waals surface area contributed by atoms with Crippen LogP contribution in [0.15, 0.2) is 24.3 Å². The van der Waals surface area contributed by atoms with Gasteiger partial charge in [0, 0.05) is 26.2 Å². The Hall–Kier alpha value is -1.43. The second-order valence-electron chi connectivity index (χ2n) is 7.04. The molecule has 2 aliphatic heterocycles. The van der Waals surface area contributed by atoms with E-state index in [2.05, 4.69) is 39.8 Å². The molecule has 3 N–H and O–H groups in total. The number of carbonyl (C=O) groups is 1. The van der Waals surface area contributed by atoms with Gasteiger partial charge in [-0.05, 0) is 43.4 Å². The molecule has 0 spiro atoms. The third-order valence-electron chi connectivity index (χ3n) is 5.08. The summed E-state index contributed by atoms with van der Waals surface area (Å²) in [4.78, 5) is 14.5. The summed E-state index contributed by atoms with van der Waals surface area (Å²) in [6.07, 6.45) is 4.87. The van der Waals surface area contributed by atoms with Gasteiger partial charge in [-0.2, -0.15) is 0 Å². The van der Waals surface area contributed by atoms with Crippen LogP contribution in [0.1, 0.15) is 43.2 Å². The number of hydrogen-bond donors (Lipinski definition) is 3. The Morgan fingerprint density at radius 1 is 1.12 bits per heavy atom. The molecule has 0 radical (unpaired) electrons. The standard InChI is InChI=1S/C19H29N3O2/c23-17-8-11-22(12-9-17)14-16-6-4-15(5-7-16)13-21-19(24)18-3-1-2-10-20-18/h4-7,17-18,20,23H,1-3,8-14H2,(H,21,24). The summed E-state index contributed by atoms with van der Waals surface area (Å²) in [6.45, 7) is 4.40. The summed E-state index contributed by atoms with van der Waals surface area (Å²) in [6, 6.07) is 8.47. The van der Waals surface area contributed by atoms with Crippen molar-refractivity contribution in [2.24, 2.45) is 0 Å². The van der Waals surface area contributed by atoms with Crippen molar-refractivity contribution in [3.8, 4) is 0 Å².